The van der Waals surface area contributed by atoms with Crippen LogP contribution >= 0.6 is 0 Å². The molecule has 0 aliphatic carbocycles. The maximum Gasteiger partial charge on any atom is 0.387 e. The van der Waals surface area contributed by atoms with Crippen molar-refractivity contribution in [1.29, 1.82) is 0 Å². The normalized spacial score (nSPS) is 11.2. The van der Waals surface area contributed by atoms with Crippen LogP contribution in [0.4, 0.5) is 8.78 Å². The van der Waals surface area contributed by atoms with Crippen LogP contribution in [0.1, 0.15) is 23.1 Å². The predicted octanol–water partition coefficient (Wildman–Crippen LogP) is 2.81. The van der Waals surface area contributed by atoms with E-state index < -0.39 is 12.6 Å². The van der Waals surface area contributed by atoms with Crippen LogP contribution in [0.25, 0.3) is 0 Å². The van der Waals surface area contributed by atoms with E-state index >= 15 is 0 Å². The Bertz CT molecular complexity index is 454. The molecule has 0 aliphatic heterocycles. The minimum Gasteiger partial charge on any atom is -0.481 e. The van der Waals surface area contributed by atoms with Gasteiger partial charge in [0, 0.05) is 13.1 Å². The summed E-state index contributed by atoms with van der Waals surface area (Å²) in [5, 5.41) is 8.62. The second-order valence-electron chi connectivity index (χ2n) is 4.82. The summed E-state index contributed by atoms with van der Waals surface area (Å²) in [5.41, 5.74) is 2.23. The highest BCUT2D eigenvalue weighted by Gasteiger charge is 2.12. The highest BCUT2D eigenvalue weighted by Crippen LogP contribution is 2.26. The van der Waals surface area contributed by atoms with E-state index in [1.54, 1.807) is 26.0 Å². The Hall–Kier alpha value is -1.69. The smallest absolute Gasteiger partial charge is 0.387 e. The lowest BCUT2D eigenvalue weighted by molar-refractivity contribution is -0.137. The molecule has 0 saturated heterocycles. The molecule has 1 rings (SSSR count). The Kier molecular flexibility index (Phi) is 5.88. The molecule has 1 aromatic carbocycles. The highest BCUT2D eigenvalue weighted by molar-refractivity contribution is 5.66. The monoisotopic (exact) mass is 287 g/mol. The number of carboxylic acids is 1. The van der Waals surface area contributed by atoms with Crippen LogP contribution < -0.4 is 4.74 Å². The lowest BCUT2D eigenvalue weighted by Crippen LogP contribution is -2.21. The fourth-order valence-corrected chi connectivity index (χ4v) is 2.08. The second-order valence-corrected chi connectivity index (χ2v) is 4.82. The highest BCUT2D eigenvalue weighted by atomic mass is 19.3. The van der Waals surface area contributed by atoms with Gasteiger partial charge in [-0.1, -0.05) is 12.1 Å². The number of carboxylic acid groups (broad SMARTS) is 1. The van der Waals surface area contributed by atoms with Crippen LogP contribution in [-0.2, 0) is 11.3 Å². The van der Waals surface area contributed by atoms with Gasteiger partial charge in [-0.3, -0.25) is 4.79 Å². The molecular formula is C14H19F2NO3. The van der Waals surface area contributed by atoms with E-state index in [1.165, 1.54) is 0 Å². The van der Waals surface area contributed by atoms with Crippen molar-refractivity contribution in [2.75, 3.05) is 13.6 Å². The fourth-order valence-electron chi connectivity index (χ4n) is 2.08. The van der Waals surface area contributed by atoms with Gasteiger partial charge in [-0.25, -0.2) is 0 Å². The molecule has 0 radical (unpaired) electrons. The predicted molar refractivity (Wildman–Crippen MR) is 71.1 cm³/mol. The van der Waals surface area contributed by atoms with E-state index in [9.17, 15) is 13.6 Å². The summed E-state index contributed by atoms with van der Waals surface area (Å²) in [5.74, 6) is -0.637. The second kappa shape index (κ2) is 7.19. The Morgan fingerprint density at radius 2 is 1.90 bits per heavy atom. The number of nitrogens with zero attached hydrogens (tertiary/aromatic N) is 1. The molecule has 0 unspecified atom stereocenters. The summed E-state index contributed by atoms with van der Waals surface area (Å²) in [6.07, 6.45) is 0.0705. The lowest BCUT2D eigenvalue weighted by Gasteiger charge is -2.18. The van der Waals surface area contributed by atoms with Gasteiger partial charge in [0.2, 0.25) is 0 Å². The maximum atomic E-state index is 12.3. The first-order chi connectivity index (χ1) is 9.29. The number of rotatable bonds is 7. The van der Waals surface area contributed by atoms with Gasteiger partial charge >= 0.3 is 12.6 Å². The van der Waals surface area contributed by atoms with Gasteiger partial charge in [0.1, 0.15) is 5.75 Å². The van der Waals surface area contributed by atoms with Gasteiger partial charge in [0.05, 0.1) is 6.42 Å². The van der Waals surface area contributed by atoms with Gasteiger partial charge in [0.15, 0.2) is 0 Å². The van der Waals surface area contributed by atoms with Crippen LogP contribution in [-0.4, -0.2) is 36.2 Å². The molecule has 0 spiro atoms. The molecule has 20 heavy (non-hydrogen) atoms. The van der Waals surface area contributed by atoms with Crippen molar-refractivity contribution in [2.24, 2.45) is 0 Å². The number of aryl methyl sites for hydroxylation is 2. The molecule has 4 nitrogen and oxygen atoms in total. The zero-order valence-electron chi connectivity index (χ0n) is 11.8. The van der Waals surface area contributed by atoms with Crippen LogP contribution in [0.2, 0.25) is 0 Å². The summed E-state index contributed by atoms with van der Waals surface area (Å²) in [6.45, 7) is 1.58. The average Bonchev–Trinajstić information content (AvgIpc) is 2.31. The number of hydrogen-bond donors (Lipinski definition) is 1. The number of ether oxygens (including phenoxy) is 1. The molecule has 0 saturated carbocycles. The van der Waals surface area contributed by atoms with Crippen molar-refractivity contribution in [1.82, 2.24) is 4.90 Å². The van der Waals surface area contributed by atoms with Gasteiger partial charge in [-0.15, -0.1) is 0 Å². The summed E-state index contributed by atoms with van der Waals surface area (Å²) in [4.78, 5) is 12.4. The van der Waals surface area contributed by atoms with E-state index in [0.29, 0.717) is 24.2 Å². The molecule has 0 atom stereocenters. The molecule has 0 amide bonds. The van der Waals surface area contributed by atoms with Crippen LogP contribution in [0.15, 0.2) is 12.1 Å². The quantitative estimate of drug-likeness (QED) is 0.838. The molecule has 6 heteroatoms. The minimum absolute atomic E-state index is 0.0705. The molecule has 0 aliphatic rings. The number of halogens is 2. The first-order valence-corrected chi connectivity index (χ1v) is 6.25. The maximum absolute atomic E-state index is 12.3. The third-order valence-electron chi connectivity index (χ3n) is 2.89. The molecule has 0 heterocycles. The lowest BCUT2D eigenvalue weighted by atomic mass is 10.1. The van der Waals surface area contributed by atoms with Crippen molar-refractivity contribution >= 4 is 5.97 Å². The van der Waals surface area contributed by atoms with Gasteiger partial charge in [0.25, 0.3) is 0 Å². The van der Waals surface area contributed by atoms with Gasteiger partial charge in [-0.2, -0.15) is 8.78 Å². The molecule has 1 N–H and O–H groups in total. The van der Waals surface area contributed by atoms with Crippen LogP contribution in [0.3, 0.4) is 0 Å². The number of carbonyl (C=O) groups is 1. The van der Waals surface area contributed by atoms with Crippen molar-refractivity contribution in [2.45, 2.75) is 33.4 Å². The summed E-state index contributed by atoms with van der Waals surface area (Å²) < 4.78 is 29.1. The minimum atomic E-state index is -2.84. The van der Waals surface area contributed by atoms with E-state index in [4.69, 9.17) is 5.11 Å². The Morgan fingerprint density at radius 1 is 1.35 bits per heavy atom. The van der Waals surface area contributed by atoms with E-state index in [-0.39, 0.29) is 12.2 Å². The first kappa shape index (κ1) is 16.4. The average molecular weight is 287 g/mol. The van der Waals surface area contributed by atoms with Crippen molar-refractivity contribution in [3.05, 3.63) is 28.8 Å². The zero-order valence-corrected chi connectivity index (χ0v) is 11.8. The van der Waals surface area contributed by atoms with Crippen LogP contribution in [0.5, 0.6) is 5.75 Å². The summed E-state index contributed by atoms with van der Waals surface area (Å²) in [7, 11) is 1.82. The Morgan fingerprint density at radius 3 is 2.35 bits per heavy atom. The standard InChI is InChI=1S/C14H19F2NO3/c1-9-6-11(8-17(3)5-4-12(18)19)7-10(2)13(9)20-14(15)16/h6-7,14H,4-5,8H2,1-3H3,(H,18,19). The van der Waals surface area contributed by atoms with E-state index in [0.717, 1.165) is 5.56 Å². The molecule has 0 bridgehead atoms. The molecule has 112 valence electrons. The number of alkyl halides is 2. The largest absolute Gasteiger partial charge is 0.481 e. The third kappa shape index (κ3) is 5.13. The number of hydrogen-bond acceptors (Lipinski definition) is 3. The van der Waals surface area contributed by atoms with Gasteiger partial charge < -0.3 is 14.7 Å². The zero-order chi connectivity index (χ0) is 15.3. The number of benzene rings is 1. The third-order valence-corrected chi connectivity index (χ3v) is 2.89. The van der Waals surface area contributed by atoms with Crippen LogP contribution in [0, 0.1) is 13.8 Å². The fraction of sp³-hybridized carbons (Fsp3) is 0.500. The first-order valence-electron chi connectivity index (χ1n) is 6.25. The van der Waals surface area contributed by atoms with E-state index in [1.807, 2.05) is 11.9 Å². The molecular weight excluding hydrogens is 268 g/mol. The Labute approximate surface area is 117 Å². The molecule has 1 aromatic rings. The SMILES string of the molecule is Cc1cc(CN(C)CCC(=O)O)cc(C)c1OC(F)F. The number of aliphatic carboxylic acids is 1. The summed E-state index contributed by atoms with van der Waals surface area (Å²) >= 11 is 0. The van der Waals surface area contributed by atoms with Gasteiger partial charge in [-0.05, 0) is 37.6 Å². The topological polar surface area (TPSA) is 49.8 Å². The van der Waals surface area contributed by atoms with Crippen molar-refractivity contribution < 1.29 is 23.4 Å². The van der Waals surface area contributed by atoms with Crippen molar-refractivity contribution in [3.8, 4) is 5.75 Å². The molecule has 0 fully saturated rings. The van der Waals surface area contributed by atoms with Crippen molar-refractivity contribution in [3.63, 3.8) is 0 Å². The van der Waals surface area contributed by atoms with E-state index in [2.05, 4.69) is 4.74 Å². The summed E-state index contributed by atoms with van der Waals surface area (Å²) in [6, 6.07) is 3.56. The molecule has 0 aromatic heterocycles. The Balaban J connectivity index is 2.75.